The summed E-state index contributed by atoms with van der Waals surface area (Å²) in [6.45, 7) is 4.05. The highest BCUT2D eigenvalue weighted by atomic mass is 16.5. The van der Waals surface area contributed by atoms with E-state index in [1.54, 1.807) is 0 Å². The van der Waals surface area contributed by atoms with Crippen LogP contribution in [-0.4, -0.2) is 50.7 Å². The Hall–Kier alpha value is -1.73. The molecule has 2 aromatic heterocycles. The fraction of sp³-hybridized carbons (Fsp3) is 0.722. The smallest absolute Gasteiger partial charge is 0.219 e. The molecule has 2 aromatic rings. The zero-order valence-corrected chi connectivity index (χ0v) is 14.7. The largest absolute Gasteiger partial charge is 0.425 e. The third-order valence-corrected chi connectivity index (χ3v) is 5.83. The average molecular weight is 343 g/mol. The van der Waals surface area contributed by atoms with E-state index in [9.17, 15) is 0 Å². The molecule has 7 heteroatoms. The second kappa shape index (κ2) is 6.21. The minimum absolute atomic E-state index is 0.234. The first kappa shape index (κ1) is 15.5. The van der Waals surface area contributed by atoms with Gasteiger partial charge in [-0.3, -0.25) is 9.58 Å². The van der Waals surface area contributed by atoms with Crippen LogP contribution in [0.2, 0.25) is 0 Å². The molecule has 3 atom stereocenters. The molecule has 1 saturated carbocycles. The SMILES string of the molecule is Cn1cc(CN2CC[C@@H]3[C@@H](CO[C@H]3Cc3nnc(C4CC4)o3)C2)cn1. The summed E-state index contributed by atoms with van der Waals surface area (Å²) < 4.78 is 13.8. The summed E-state index contributed by atoms with van der Waals surface area (Å²) in [6.07, 6.45) is 8.64. The summed E-state index contributed by atoms with van der Waals surface area (Å²) in [5.74, 6) is 3.33. The molecule has 7 nitrogen and oxygen atoms in total. The second-order valence-electron chi connectivity index (χ2n) is 7.85. The van der Waals surface area contributed by atoms with Gasteiger partial charge in [-0.1, -0.05) is 0 Å². The topological polar surface area (TPSA) is 69.2 Å². The lowest BCUT2D eigenvalue weighted by atomic mass is 9.83. The third-order valence-electron chi connectivity index (χ3n) is 5.83. The molecule has 3 aliphatic rings. The van der Waals surface area contributed by atoms with Crippen molar-refractivity contribution >= 4 is 0 Å². The van der Waals surface area contributed by atoms with E-state index in [-0.39, 0.29) is 6.10 Å². The fourth-order valence-electron chi connectivity index (χ4n) is 4.34. The Balaban J connectivity index is 1.18. The highest BCUT2D eigenvalue weighted by Crippen LogP contribution is 2.40. The molecule has 0 bridgehead atoms. The summed E-state index contributed by atoms with van der Waals surface area (Å²) in [5.41, 5.74) is 1.29. The van der Waals surface area contributed by atoms with E-state index in [0.717, 1.165) is 44.4 Å². The van der Waals surface area contributed by atoms with Crippen molar-refractivity contribution in [3.8, 4) is 0 Å². The van der Waals surface area contributed by atoms with E-state index in [0.29, 0.717) is 17.8 Å². The number of aryl methyl sites for hydroxylation is 1. The van der Waals surface area contributed by atoms with Crippen molar-refractivity contribution in [3.63, 3.8) is 0 Å². The molecule has 0 aromatic carbocycles. The molecule has 3 fully saturated rings. The highest BCUT2D eigenvalue weighted by molar-refractivity contribution is 5.05. The van der Waals surface area contributed by atoms with Crippen LogP contribution in [0.5, 0.6) is 0 Å². The van der Waals surface area contributed by atoms with Gasteiger partial charge in [-0.2, -0.15) is 5.10 Å². The molecular formula is C18H25N5O2. The van der Waals surface area contributed by atoms with Crippen LogP contribution in [0.25, 0.3) is 0 Å². The van der Waals surface area contributed by atoms with Crippen LogP contribution in [0.15, 0.2) is 16.8 Å². The van der Waals surface area contributed by atoms with Gasteiger partial charge in [-0.25, -0.2) is 0 Å². The lowest BCUT2D eigenvalue weighted by molar-refractivity contribution is 0.0793. The Morgan fingerprint density at radius 3 is 2.96 bits per heavy atom. The van der Waals surface area contributed by atoms with Crippen LogP contribution in [0.4, 0.5) is 0 Å². The van der Waals surface area contributed by atoms with E-state index in [1.165, 1.54) is 24.8 Å². The number of nitrogens with zero attached hydrogens (tertiary/aromatic N) is 5. The lowest BCUT2D eigenvalue weighted by Crippen LogP contribution is -2.41. The molecule has 0 radical (unpaired) electrons. The number of ether oxygens (including phenoxy) is 1. The van der Waals surface area contributed by atoms with Gasteiger partial charge in [0.05, 0.1) is 25.3 Å². The second-order valence-corrected chi connectivity index (χ2v) is 7.85. The van der Waals surface area contributed by atoms with Crippen molar-refractivity contribution in [2.24, 2.45) is 18.9 Å². The molecule has 1 aliphatic carbocycles. The Morgan fingerprint density at radius 1 is 1.24 bits per heavy atom. The molecule has 0 N–H and O–H groups in total. The highest BCUT2D eigenvalue weighted by Gasteiger charge is 2.41. The maximum Gasteiger partial charge on any atom is 0.219 e. The van der Waals surface area contributed by atoms with E-state index in [2.05, 4.69) is 26.4 Å². The minimum atomic E-state index is 0.234. The average Bonchev–Trinajstić information content (AvgIpc) is 3.02. The predicted molar refractivity (Wildman–Crippen MR) is 89.8 cm³/mol. The van der Waals surface area contributed by atoms with Crippen molar-refractivity contribution < 1.29 is 9.15 Å². The van der Waals surface area contributed by atoms with Crippen LogP contribution in [0, 0.1) is 11.8 Å². The van der Waals surface area contributed by atoms with Gasteiger partial charge >= 0.3 is 0 Å². The number of likely N-dealkylation sites (tertiary alicyclic amines) is 1. The van der Waals surface area contributed by atoms with E-state index < -0.39 is 0 Å². The summed E-state index contributed by atoms with van der Waals surface area (Å²) in [6, 6.07) is 0. The first-order valence-electron chi connectivity index (χ1n) is 9.38. The van der Waals surface area contributed by atoms with Gasteiger partial charge < -0.3 is 9.15 Å². The van der Waals surface area contributed by atoms with Crippen molar-refractivity contribution in [1.82, 2.24) is 24.9 Å². The van der Waals surface area contributed by atoms with Crippen molar-refractivity contribution in [2.75, 3.05) is 19.7 Å². The monoisotopic (exact) mass is 343 g/mol. The number of aromatic nitrogens is 4. The molecule has 134 valence electrons. The van der Waals surface area contributed by atoms with Crippen molar-refractivity contribution in [1.29, 1.82) is 0 Å². The van der Waals surface area contributed by atoms with Gasteiger partial charge in [-0.15, -0.1) is 10.2 Å². The summed E-state index contributed by atoms with van der Waals surface area (Å²) in [4.78, 5) is 2.53. The van der Waals surface area contributed by atoms with Crippen LogP contribution in [-0.2, 0) is 24.8 Å². The first-order valence-corrected chi connectivity index (χ1v) is 9.38. The van der Waals surface area contributed by atoms with Crippen LogP contribution < -0.4 is 0 Å². The molecule has 0 amide bonds. The molecule has 2 aliphatic heterocycles. The molecule has 25 heavy (non-hydrogen) atoms. The maximum atomic E-state index is 6.12. The minimum Gasteiger partial charge on any atom is -0.425 e. The molecule has 2 saturated heterocycles. The van der Waals surface area contributed by atoms with Crippen LogP contribution in [0.1, 0.15) is 42.5 Å². The number of piperidine rings is 1. The van der Waals surface area contributed by atoms with Crippen LogP contribution in [0.3, 0.4) is 0 Å². The van der Waals surface area contributed by atoms with Gasteiger partial charge in [0, 0.05) is 43.7 Å². The number of rotatable bonds is 5. The summed E-state index contributed by atoms with van der Waals surface area (Å²) in [7, 11) is 1.97. The van der Waals surface area contributed by atoms with Gasteiger partial charge in [0.25, 0.3) is 0 Å². The van der Waals surface area contributed by atoms with Gasteiger partial charge in [0.15, 0.2) is 0 Å². The van der Waals surface area contributed by atoms with Gasteiger partial charge in [0.1, 0.15) is 0 Å². The van der Waals surface area contributed by atoms with Gasteiger partial charge in [-0.05, 0) is 31.7 Å². The number of hydrogen-bond acceptors (Lipinski definition) is 6. The number of fused-ring (bicyclic) bond motifs is 1. The van der Waals surface area contributed by atoms with E-state index in [1.807, 2.05) is 17.9 Å². The van der Waals surface area contributed by atoms with Crippen LogP contribution >= 0.6 is 0 Å². The third kappa shape index (κ3) is 3.22. The van der Waals surface area contributed by atoms with Gasteiger partial charge in [0.2, 0.25) is 11.8 Å². The van der Waals surface area contributed by atoms with Crippen molar-refractivity contribution in [3.05, 3.63) is 29.7 Å². The Morgan fingerprint density at radius 2 is 2.16 bits per heavy atom. The molecule has 4 heterocycles. The Bertz CT molecular complexity index is 737. The Labute approximate surface area is 147 Å². The molecule has 0 spiro atoms. The standard InChI is InChI=1S/C18H25N5O2/c1-22-8-12(7-19-22)9-23-5-4-15-14(10-23)11-24-16(15)6-17-20-21-18(25-17)13-2-3-13/h7-8,13-16H,2-6,9-11H2,1H3/t14-,15-,16+/m1/s1. The maximum absolute atomic E-state index is 6.12. The van der Waals surface area contributed by atoms with Crippen molar-refractivity contribution in [2.45, 2.75) is 44.2 Å². The lowest BCUT2D eigenvalue weighted by Gasteiger charge is -2.35. The molecule has 5 rings (SSSR count). The normalized spacial score (nSPS) is 29.9. The molecule has 0 unspecified atom stereocenters. The number of hydrogen-bond donors (Lipinski definition) is 0. The zero-order valence-electron chi connectivity index (χ0n) is 14.7. The Kier molecular flexibility index (Phi) is 3.86. The summed E-state index contributed by atoms with van der Waals surface area (Å²) in [5, 5.41) is 12.7. The quantitative estimate of drug-likeness (QED) is 0.824. The van der Waals surface area contributed by atoms with E-state index in [4.69, 9.17) is 9.15 Å². The fourth-order valence-corrected chi connectivity index (χ4v) is 4.34. The first-order chi connectivity index (χ1) is 12.2. The van der Waals surface area contributed by atoms with E-state index >= 15 is 0 Å². The molecular weight excluding hydrogens is 318 g/mol. The zero-order chi connectivity index (χ0) is 16.8. The summed E-state index contributed by atoms with van der Waals surface area (Å²) >= 11 is 0. The predicted octanol–water partition coefficient (Wildman–Crippen LogP) is 1.76.